The van der Waals surface area contributed by atoms with Crippen LogP contribution in [0, 0.1) is 12.7 Å². The van der Waals surface area contributed by atoms with Gasteiger partial charge in [-0.3, -0.25) is 14.6 Å². The fourth-order valence-corrected chi connectivity index (χ4v) is 3.73. The maximum Gasteiger partial charge on any atom is 0.270 e. The van der Waals surface area contributed by atoms with E-state index in [2.05, 4.69) is 10.1 Å². The molecule has 0 bridgehead atoms. The Morgan fingerprint density at radius 1 is 1.00 bits per heavy atom. The average Bonchev–Trinajstić information content (AvgIpc) is 2.83. The van der Waals surface area contributed by atoms with Gasteiger partial charge >= 0.3 is 0 Å². The number of hydrogen-bond donors (Lipinski definition) is 0. The zero-order valence-corrected chi connectivity index (χ0v) is 18.4. The molecule has 2 heterocycles. The number of halogens is 1. The Kier molecular flexibility index (Phi) is 6.88. The number of hydrogen-bond acceptors (Lipinski definition) is 4. The van der Waals surface area contributed by atoms with E-state index in [-0.39, 0.29) is 37.0 Å². The van der Waals surface area contributed by atoms with Crippen molar-refractivity contribution in [3.63, 3.8) is 0 Å². The lowest BCUT2D eigenvalue weighted by Crippen LogP contribution is -2.41. The highest BCUT2D eigenvalue weighted by Crippen LogP contribution is 2.19. The van der Waals surface area contributed by atoms with Crippen molar-refractivity contribution in [2.75, 3.05) is 0 Å². The van der Waals surface area contributed by atoms with E-state index >= 15 is 0 Å². The van der Waals surface area contributed by atoms with E-state index in [4.69, 9.17) is 0 Å². The molecule has 0 aliphatic carbocycles. The number of rotatable bonds is 7. The number of hydrazone groups is 1. The summed E-state index contributed by atoms with van der Waals surface area (Å²) >= 11 is 0. The van der Waals surface area contributed by atoms with Gasteiger partial charge in [-0.1, -0.05) is 42.5 Å². The summed E-state index contributed by atoms with van der Waals surface area (Å²) in [6.07, 6.45) is 3.93. The largest absolute Gasteiger partial charge is 0.329 e. The second-order valence-corrected chi connectivity index (χ2v) is 8.07. The highest BCUT2D eigenvalue weighted by molar-refractivity contribution is 6.39. The Balaban J connectivity index is 1.58. The lowest BCUT2D eigenvalue weighted by Gasteiger charge is -2.28. The summed E-state index contributed by atoms with van der Waals surface area (Å²) in [4.78, 5) is 31.9. The van der Waals surface area contributed by atoms with Crippen LogP contribution in [0.3, 0.4) is 0 Å². The van der Waals surface area contributed by atoms with Gasteiger partial charge in [0.1, 0.15) is 11.5 Å². The van der Waals surface area contributed by atoms with Gasteiger partial charge in [0.25, 0.3) is 5.91 Å². The van der Waals surface area contributed by atoms with Gasteiger partial charge in [-0.15, -0.1) is 0 Å². The maximum atomic E-state index is 13.6. The number of aromatic nitrogens is 1. The van der Waals surface area contributed by atoms with Gasteiger partial charge in [0.2, 0.25) is 5.91 Å². The molecule has 0 saturated carbocycles. The van der Waals surface area contributed by atoms with Crippen LogP contribution in [0.2, 0.25) is 0 Å². The minimum absolute atomic E-state index is 0.159. The van der Waals surface area contributed by atoms with Crippen LogP contribution in [0.15, 0.2) is 78.2 Å². The number of benzene rings is 2. The molecule has 6 nitrogen and oxygen atoms in total. The average molecular weight is 445 g/mol. The fraction of sp³-hybridized carbons (Fsp3) is 0.231. The van der Waals surface area contributed by atoms with Crippen molar-refractivity contribution < 1.29 is 14.0 Å². The third kappa shape index (κ3) is 5.68. The van der Waals surface area contributed by atoms with Crippen molar-refractivity contribution in [1.29, 1.82) is 0 Å². The molecule has 0 fully saturated rings. The molecular formula is C26H25FN4O2. The van der Waals surface area contributed by atoms with Crippen LogP contribution in [0.4, 0.5) is 4.39 Å². The molecule has 1 aliphatic rings. The Labute approximate surface area is 192 Å². The molecule has 0 atom stereocenters. The number of amides is 2. The zero-order chi connectivity index (χ0) is 23.2. The van der Waals surface area contributed by atoms with Crippen LogP contribution in [0.25, 0.3) is 0 Å². The van der Waals surface area contributed by atoms with Crippen molar-refractivity contribution in [3.05, 3.63) is 101 Å². The standard InChI is InChI=1S/C26H25FN4O2/c1-19-5-2-3-7-22(19)18-30(16-21-6-4-14-28-15-21)26(33)24-12-13-25(32)31(29-24)17-20-8-10-23(27)11-9-20/h2-11,14-15H,12-13,16-18H2,1H3. The van der Waals surface area contributed by atoms with Gasteiger partial charge < -0.3 is 4.90 Å². The van der Waals surface area contributed by atoms with Gasteiger partial charge in [0.05, 0.1) is 6.54 Å². The number of carbonyl (C=O) groups excluding carboxylic acids is 2. The molecule has 2 aromatic carbocycles. The second kappa shape index (κ2) is 10.2. The number of aryl methyl sites for hydroxylation is 1. The molecule has 0 N–H and O–H groups in total. The van der Waals surface area contributed by atoms with E-state index in [1.165, 1.54) is 17.1 Å². The molecule has 0 unspecified atom stereocenters. The Hall–Kier alpha value is -3.87. The van der Waals surface area contributed by atoms with E-state index in [0.29, 0.717) is 18.8 Å². The van der Waals surface area contributed by atoms with E-state index in [0.717, 1.165) is 22.3 Å². The first-order valence-electron chi connectivity index (χ1n) is 10.8. The molecule has 0 spiro atoms. The normalized spacial score (nSPS) is 13.6. The zero-order valence-electron chi connectivity index (χ0n) is 18.4. The first-order chi connectivity index (χ1) is 16.0. The van der Waals surface area contributed by atoms with Gasteiger partial charge in [-0.05, 0) is 47.4 Å². The highest BCUT2D eigenvalue weighted by Gasteiger charge is 2.28. The van der Waals surface area contributed by atoms with E-state index in [9.17, 15) is 14.0 Å². The van der Waals surface area contributed by atoms with Crippen molar-refractivity contribution in [3.8, 4) is 0 Å². The SMILES string of the molecule is Cc1ccccc1CN(Cc1cccnc1)C(=O)C1=NN(Cc2ccc(F)cc2)C(=O)CC1. The van der Waals surface area contributed by atoms with Gasteiger partial charge in [-0.25, -0.2) is 9.40 Å². The summed E-state index contributed by atoms with van der Waals surface area (Å²) in [6, 6.07) is 17.6. The van der Waals surface area contributed by atoms with Crippen LogP contribution in [0.5, 0.6) is 0 Å². The van der Waals surface area contributed by atoms with Crippen molar-refractivity contribution >= 4 is 17.5 Å². The van der Waals surface area contributed by atoms with Gasteiger partial charge in [0, 0.05) is 38.3 Å². The number of pyridine rings is 1. The molecule has 2 amide bonds. The molecule has 4 rings (SSSR count). The minimum atomic E-state index is -0.342. The van der Waals surface area contributed by atoms with Crippen LogP contribution in [0.1, 0.15) is 35.1 Å². The smallest absolute Gasteiger partial charge is 0.270 e. The van der Waals surface area contributed by atoms with Crippen molar-refractivity contribution in [2.24, 2.45) is 5.10 Å². The summed E-state index contributed by atoms with van der Waals surface area (Å²) in [5, 5.41) is 5.71. The van der Waals surface area contributed by atoms with Crippen LogP contribution in [-0.4, -0.2) is 32.4 Å². The van der Waals surface area contributed by atoms with Crippen molar-refractivity contribution in [1.82, 2.24) is 14.9 Å². The Morgan fingerprint density at radius 2 is 1.79 bits per heavy atom. The summed E-state index contributed by atoms with van der Waals surface area (Å²) in [6.45, 7) is 3.01. The predicted molar refractivity (Wildman–Crippen MR) is 123 cm³/mol. The predicted octanol–water partition coefficient (Wildman–Crippen LogP) is 4.24. The Bertz CT molecular complexity index is 1160. The molecule has 33 heavy (non-hydrogen) atoms. The lowest BCUT2D eigenvalue weighted by atomic mass is 10.1. The number of carbonyl (C=O) groups is 2. The molecule has 7 heteroatoms. The molecule has 1 aromatic heterocycles. The summed E-state index contributed by atoms with van der Waals surface area (Å²) in [5.41, 5.74) is 4.14. The topological polar surface area (TPSA) is 65.9 Å². The van der Waals surface area contributed by atoms with Crippen LogP contribution >= 0.6 is 0 Å². The van der Waals surface area contributed by atoms with Crippen molar-refractivity contribution in [2.45, 2.75) is 39.4 Å². The third-order valence-corrected chi connectivity index (χ3v) is 5.60. The maximum absolute atomic E-state index is 13.6. The fourth-order valence-electron chi connectivity index (χ4n) is 3.73. The van der Waals surface area contributed by atoms with Gasteiger partial charge in [0.15, 0.2) is 0 Å². The first kappa shape index (κ1) is 22.3. The Morgan fingerprint density at radius 3 is 2.52 bits per heavy atom. The second-order valence-electron chi connectivity index (χ2n) is 8.07. The molecule has 168 valence electrons. The quantitative estimate of drug-likeness (QED) is 0.548. The molecule has 0 saturated heterocycles. The van der Waals surface area contributed by atoms with E-state index in [1.807, 2.05) is 43.3 Å². The summed E-state index contributed by atoms with van der Waals surface area (Å²) in [7, 11) is 0. The molecule has 1 aliphatic heterocycles. The first-order valence-corrected chi connectivity index (χ1v) is 10.8. The van der Waals surface area contributed by atoms with E-state index in [1.54, 1.807) is 29.4 Å². The third-order valence-electron chi connectivity index (χ3n) is 5.60. The molecule has 0 radical (unpaired) electrons. The monoisotopic (exact) mass is 444 g/mol. The lowest BCUT2D eigenvalue weighted by molar-refractivity contribution is -0.132. The highest BCUT2D eigenvalue weighted by atomic mass is 19.1. The summed E-state index contributed by atoms with van der Waals surface area (Å²) < 4.78 is 13.2. The van der Waals surface area contributed by atoms with Crippen LogP contribution in [-0.2, 0) is 29.2 Å². The van der Waals surface area contributed by atoms with Gasteiger partial charge in [-0.2, -0.15) is 5.10 Å². The van der Waals surface area contributed by atoms with Crippen LogP contribution < -0.4 is 0 Å². The molecular weight excluding hydrogens is 419 g/mol. The molecule has 3 aromatic rings. The van der Waals surface area contributed by atoms with E-state index < -0.39 is 0 Å². The minimum Gasteiger partial charge on any atom is -0.329 e. The summed E-state index contributed by atoms with van der Waals surface area (Å²) in [5.74, 6) is -0.711. The number of nitrogens with zero attached hydrogens (tertiary/aromatic N) is 4.